The minimum absolute atomic E-state index is 0.0637. The molecule has 1 aromatic carbocycles. The molecule has 0 bridgehead atoms. The molecule has 0 aliphatic rings. The number of carbonyl (C=O) groups excluding carboxylic acids is 1. The first-order chi connectivity index (χ1) is 9.95. The molecule has 1 atom stereocenters. The van der Waals surface area contributed by atoms with Crippen LogP contribution in [0.25, 0.3) is 0 Å². The Labute approximate surface area is 128 Å². The average molecular weight is 323 g/mol. The van der Waals surface area contributed by atoms with Gasteiger partial charge in [-0.05, 0) is 37.6 Å². The van der Waals surface area contributed by atoms with Gasteiger partial charge in [0.1, 0.15) is 4.21 Å². The molecule has 1 N–H and O–H groups in total. The Hall–Kier alpha value is -1.66. The number of hydrogen-bond donors (Lipinski definition) is 1. The summed E-state index contributed by atoms with van der Waals surface area (Å²) in [5.74, 6) is -0.233. The summed E-state index contributed by atoms with van der Waals surface area (Å²) in [6.07, 6.45) is 0.826. The van der Waals surface area contributed by atoms with Crippen molar-refractivity contribution in [2.24, 2.45) is 0 Å². The van der Waals surface area contributed by atoms with E-state index in [9.17, 15) is 13.2 Å². The van der Waals surface area contributed by atoms with Crippen molar-refractivity contribution in [1.82, 2.24) is 5.32 Å². The maximum Gasteiger partial charge on any atom is 0.261 e. The van der Waals surface area contributed by atoms with Crippen LogP contribution in [0.3, 0.4) is 0 Å². The second-order valence-electron chi connectivity index (χ2n) is 4.72. The molecule has 1 amide bonds. The van der Waals surface area contributed by atoms with Crippen molar-refractivity contribution in [3.63, 3.8) is 0 Å². The first-order valence-corrected chi connectivity index (χ1v) is 8.96. The van der Waals surface area contributed by atoms with Gasteiger partial charge in [-0.25, -0.2) is 8.42 Å². The lowest BCUT2D eigenvalue weighted by molar-refractivity contribution is 0.0943. The highest BCUT2D eigenvalue weighted by atomic mass is 32.2. The van der Waals surface area contributed by atoms with Crippen molar-refractivity contribution in [1.29, 1.82) is 0 Å². The highest BCUT2D eigenvalue weighted by Gasteiger charge is 2.21. The number of rotatable bonds is 5. The number of sulfone groups is 1. The van der Waals surface area contributed by atoms with Gasteiger partial charge >= 0.3 is 0 Å². The maximum absolute atomic E-state index is 12.4. The quantitative estimate of drug-likeness (QED) is 0.919. The Kier molecular flexibility index (Phi) is 4.80. The van der Waals surface area contributed by atoms with E-state index in [0.717, 1.165) is 17.8 Å². The van der Waals surface area contributed by atoms with Crippen molar-refractivity contribution < 1.29 is 13.2 Å². The standard InChI is InChI=1S/C15H17NO3S2/c1-3-11(2)16-15(17)13-9-10-14(20-13)21(18,19)12-7-5-4-6-8-12/h4-11H,3H2,1-2H3,(H,16,17)/t11-/m1/s1. The summed E-state index contributed by atoms with van der Waals surface area (Å²) in [5, 5.41) is 2.83. The number of carbonyl (C=O) groups is 1. The Balaban J connectivity index is 2.26. The summed E-state index contributed by atoms with van der Waals surface area (Å²) in [4.78, 5) is 12.6. The molecule has 1 heterocycles. The summed E-state index contributed by atoms with van der Waals surface area (Å²) in [6, 6.07) is 11.3. The van der Waals surface area contributed by atoms with Gasteiger partial charge in [-0.3, -0.25) is 4.79 Å². The fourth-order valence-electron chi connectivity index (χ4n) is 1.70. The van der Waals surface area contributed by atoms with Crippen molar-refractivity contribution in [3.05, 3.63) is 47.3 Å². The van der Waals surface area contributed by atoms with Gasteiger partial charge in [-0.1, -0.05) is 25.1 Å². The van der Waals surface area contributed by atoms with E-state index in [1.807, 2.05) is 13.8 Å². The van der Waals surface area contributed by atoms with Crippen molar-refractivity contribution in [2.75, 3.05) is 0 Å². The molecule has 0 spiro atoms. The van der Waals surface area contributed by atoms with Crippen LogP contribution < -0.4 is 5.32 Å². The predicted octanol–water partition coefficient (Wildman–Crippen LogP) is 3.11. The normalized spacial score (nSPS) is 12.9. The zero-order valence-electron chi connectivity index (χ0n) is 11.9. The molecule has 112 valence electrons. The summed E-state index contributed by atoms with van der Waals surface area (Å²) < 4.78 is 25.0. The van der Waals surface area contributed by atoms with E-state index in [1.54, 1.807) is 36.4 Å². The Morgan fingerprint density at radius 2 is 1.86 bits per heavy atom. The van der Waals surface area contributed by atoms with Gasteiger partial charge in [0.25, 0.3) is 5.91 Å². The van der Waals surface area contributed by atoms with Gasteiger partial charge < -0.3 is 5.32 Å². The lowest BCUT2D eigenvalue weighted by Crippen LogP contribution is -2.31. The molecule has 0 fully saturated rings. The van der Waals surface area contributed by atoms with E-state index in [-0.39, 0.29) is 21.1 Å². The highest BCUT2D eigenvalue weighted by molar-refractivity contribution is 7.93. The molecule has 0 aliphatic carbocycles. The molecule has 1 aromatic heterocycles. The van der Waals surface area contributed by atoms with E-state index < -0.39 is 9.84 Å². The van der Waals surface area contributed by atoms with Crippen molar-refractivity contribution in [3.8, 4) is 0 Å². The van der Waals surface area contributed by atoms with Gasteiger partial charge in [0.2, 0.25) is 9.84 Å². The predicted molar refractivity (Wildman–Crippen MR) is 83.4 cm³/mol. The van der Waals surface area contributed by atoms with E-state index in [4.69, 9.17) is 0 Å². The molecule has 0 saturated carbocycles. The molecular weight excluding hydrogens is 306 g/mol. The summed E-state index contributed by atoms with van der Waals surface area (Å²) in [7, 11) is -3.55. The fourth-order valence-corrected chi connectivity index (χ4v) is 4.33. The molecule has 6 heteroatoms. The highest BCUT2D eigenvalue weighted by Crippen LogP contribution is 2.27. The molecular formula is C15H17NO3S2. The molecule has 0 unspecified atom stereocenters. The Bertz CT molecular complexity index is 720. The molecule has 0 radical (unpaired) electrons. The zero-order chi connectivity index (χ0) is 15.5. The van der Waals surface area contributed by atoms with Crippen LogP contribution in [0, 0.1) is 0 Å². The monoisotopic (exact) mass is 323 g/mol. The number of nitrogens with one attached hydrogen (secondary N) is 1. The average Bonchev–Trinajstić information content (AvgIpc) is 2.98. The topological polar surface area (TPSA) is 63.2 Å². The molecule has 2 rings (SSSR count). The summed E-state index contributed by atoms with van der Waals surface area (Å²) in [6.45, 7) is 3.89. The van der Waals surface area contributed by atoms with E-state index in [2.05, 4.69) is 5.32 Å². The third kappa shape index (κ3) is 3.51. The van der Waals surface area contributed by atoms with E-state index in [1.165, 1.54) is 6.07 Å². The number of hydrogen-bond acceptors (Lipinski definition) is 4. The van der Waals surface area contributed by atoms with Crippen LogP contribution in [0.2, 0.25) is 0 Å². The summed E-state index contributed by atoms with van der Waals surface area (Å²) in [5.41, 5.74) is 0. The number of thiophene rings is 1. The molecule has 0 saturated heterocycles. The lowest BCUT2D eigenvalue weighted by atomic mass is 10.2. The van der Waals surface area contributed by atoms with E-state index >= 15 is 0 Å². The molecule has 0 aliphatic heterocycles. The Morgan fingerprint density at radius 3 is 2.48 bits per heavy atom. The smallest absolute Gasteiger partial charge is 0.261 e. The number of benzene rings is 1. The SMILES string of the molecule is CC[C@@H](C)NC(=O)c1ccc(S(=O)(=O)c2ccccc2)s1. The maximum atomic E-state index is 12.4. The van der Waals surface area contributed by atoms with Gasteiger partial charge in [0.05, 0.1) is 9.77 Å². The molecule has 4 nitrogen and oxygen atoms in total. The third-order valence-corrected chi connectivity index (χ3v) is 6.46. The van der Waals surface area contributed by atoms with Crippen molar-refractivity contribution in [2.45, 2.75) is 35.4 Å². The van der Waals surface area contributed by atoms with Crippen LogP contribution in [0.5, 0.6) is 0 Å². The van der Waals surface area contributed by atoms with Crippen LogP contribution in [-0.4, -0.2) is 20.4 Å². The minimum atomic E-state index is -3.55. The van der Waals surface area contributed by atoms with Gasteiger partial charge in [0.15, 0.2) is 0 Å². The van der Waals surface area contributed by atoms with Crippen LogP contribution in [0.15, 0.2) is 51.6 Å². The molecule has 21 heavy (non-hydrogen) atoms. The second kappa shape index (κ2) is 6.41. The van der Waals surface area contributed by atoms with Crippen LogP contribution >= 0.6 is 11.3 Å². The van der Waals surface area contributed by atoms with Crippen molar-refractivity contribution >= 4 is 27.1 Å². The largest absolute Gasteiger partial charge is 0.349 e. The summed E-state index contributed by atoms with van der Waals surface area (Å²) >= 11 is 0.995. The van der Waals surface area contributed by atoms with Crippen LogP contribution in [-0.2, 0) is 9.84 Å². The lowest BCUT2D eigenvalue weighted by Gasteiger charge is -2.09. The second-order valence-corrected chi connectivity index (χ2v) is 7.98. The molecule has 2 aromatic rings. The third-order valence-electron chi connectivity index (χ3n) is 3.11. The van der Waals surface area contributed by atoms with Crippen LogP contribution in [0.1, 0.15) is 29.9 Å². The fraction of sp³-hybridized carbons (Fsp3) is 0.267. The van der Waals surface area contributed by atoms with Gasteiger partial charge in [-0.2, -0.15) is 0 Å². The minimum Gasteiger partial charge on any atom is -0.349 e. The van der Waals surface area contributed by atoms with Gasteiger partial charge in [-0.15, -0.1) is 11.3 Å². The van der Waals surface area contributed by atoms with E-state index in [0.29, 0.717) is 4.88 Å². The Morgan fingerprint density at radius 1 is 1.19 bits per heavy atom. The number of amides is 1. The first-order valence-electron chi connectivity index (χ1n) is 6.66. The first kappa shape index (κ1) is 15.7. The van der Waals surface area contributed by atoms with Crippen LogP contribution in [0.4, 0.5) is 0 Å². The van der Waals surface area contributed by atoms with Gasteiger partial charge in [0, 0.05) is 6.04 Å². The zero-order valence-corrected chi connectivity index (χ0v) is 13.5.